The molecule has 41 heavy (non-hydrogen) atoms. The number of nitrogens with zero attached hydrogens (tertiary/aromatic N) is 3. The van der Waals surface area contributed by atoms with Crippen LogP contribution in [0.4, 0.5) is 5.95 Å². The van der Waals surface area contributed by atoms with E-state index in [0.29, 0.717) is 54.2 Å². The Morgan fingerprint density at radius 1 is 0.951 bits per heavy atom. The minimum Gasteiger partial charge on any atom is -0.496 e. The van der Waals surface area contributed by atoms with Crippen molar-refractivity contribution >= 4 is 11.7 Å². The molecular weight excluding hydrogens is 516 g/mol. The first kappa shape index (κ1) is 26.6. The Morgan fingerprint density at radius 3 is 2.51 bits per heavy atom. The van der Waals surface area contributed by atoms with E-state index in [2.05, 4.69) is 19.2 Å². The number of carbonyl (C=O) groups excluding carboxylic acids is 1. The maximum absolute atomic E-state index is 13.7. The summed E-state index contributed by atoms with van der Waals surface area (Å²) >= 11 is 0. The van der Waals surface area contributed by atoms with Crippen LogP contribution in [0.1, 0.15) is 50.8 Å². The van der Waals surface area contributed by atoms with E-state index in [1.165, 1.54) is 0 Å². The van der Waals surface area contributed by atoms with E-state index in [1.807, 2.05) is 84.4 Å². The minimum atomic E-state index is -0.469. The molecule has 8 heteroatoms. The number of fused-ring (bicyclic) bond motifs is 1. The average molecular weight is 551 g/mol. The maximum atomic E-state index is 13.7. The summed E-state index contributed by atoms with van der Waals surface area (Å²) in [5.74, 6) is 3.16. The first-order valence-corrected chi connectivity index (χ1v) is 13.9. The number of ketones is 1. The van der Waals surface area contributed by atoms with Gasteiger partial charge in [-0.3, -0.25) is 4.79 Å². The molecule has 0 fully saturated rings. The fourth-order valence-corrected chi connectivity index (χ4v) is 5.68. The number of allylic oxidation sites excluding steroid dienone is 2. The Morgan fingerprint density at radius 2 is 1.73 bits per heavy atom. The van der Waals surface area contributed by atoms with Crippen molar-refractivity contribution in [3.05, 3.63) is 95.2 Å². The zero-order valence-electron chi connectivity index (χ0n) is 23.8. The van der Waals surface area contributed by atoms with E-state index in [0.717, 1.165) is 28.8 Å². The summed E-state index contributed by atoms with van der Waals surface area (Å²) in [5, 5.41) is 8.38. The summed E-state index contributed by atoms with van der Waals surface area (Å²) in [6, 6.07) is 23.1. The Kier molecular flexibility index (Phi) is 6.99. The lowest BCUT2D eigenvalue weighted by Gasteiger charge is -2.38. The normalized spacial score (nSPS) is 17.4. The third-order valence-corrected chi connectivity index (χ3v) is 7.50. The number of ether oxygens (including phenoxy) is 3. The first-order chi connectivity index (χ1) is 19.9. The van der Waals surface area contributed by atoms with Crippen molar-refractivity contribution in [2.24, 2.45) is 5.41 Å². The van der Waals surface area contributed by atoms with Crippen LogP contribution in [-0.4, -0.2) is 34.3 Å². The third-order valence-electron chi connectivity index (χ3n) is 7.50. The van der Waals surface area contributed by atoms with Crippen LogP contribution in [0.15, 0.2) is 84.1 Å². The predicted octanol–water partition coefficient (Wildman–Crippen LogP) is 6.59. The second kappa shape index (κ2) is 10.8. The van der Waals surface area contributed by atoms with E-state index >= 15 is 0 Å². The number of para-hydroxylation sites is 1. The molecule has 2 aliphatic rings. The van der Waals surface area contributed by atoms with Crippen LogP contribution in [0.25, 0.3) is 11.4 Å². The summed E-state index contributed by atoms with van der Waals surface area (Å²) in [6.07, 6.45) is 1.20. The van der Waals surface area contributed by atoms with Crippen molar-refractivity contribution in [3.63, 3.8) is 0 Å². The number of anilines is 1. The number of Topliss-reactive ketones (excluding diaryl/α,β-unsaturated/α-hetero) is 1. The molecule has 2 heterocycles. The molecule has 0 spiro atoms. The lowest BCUT2D eigenvalue weighted by atomic mass is 9.73. The van der Waals surface area contributed by atoms with Crippen LogP contribution in [0.5, 0.6) is 17.2 Å². The monoisotopic (exact) mass is 550 g/mol. The number of methoxy groups -OCH3 is 1. The molecular formula is C33H34N4O4. The van der Waals surface area contributed by atoms with Crippen LogP contribution in [0.2, 0.25) is 0 Å². The number of aromatic nitrogens is 3. The molecule has 1 N–H and O–H groups in total. The standard InChI is InChI=1S/C33H34N4O4/c1-5-40-28-17-22(15-16-27(28)41-20-21-11-7-6-8-12-21)30-29-24(18-33(2,3)19-25(29)38)34-32-35-31(36-37(30)32)23-13-9-10-14-26(23)39-4/h6-17,30H,5,18-20H2,1-4H3,(H,34,35,36). The van der Waals surface area contributed by atoms with E-state index in [-0.39, 0.29) is 11.2 Å². The molecule has 1 aliphatic heterocycles. The molecule has 0 saturated carbocycles. The molecule has 1 aromatic heterocycles. The van der Waals surface area contributed by atoms with Crippen LogP contribution in [-0.2, 0) is 11.4 Å². The molecule has 0 radical (unpaired) electrons. The smallest absolute Gasteiger partial charge is 0.226 e. The van der Waals surface area contributed by atoms with Gasteiger partial charge < -0.3 is 19.5 Å². The quantitative estimate of drug-likeness (QED) is 0.265. The molecule has 0 amide bonds. The second-order valence-corrected chi connectivity index (χ2v) is 11.2. The predicted molar refractivity (Wildman–Crippen MR) is 157 cm³/mol. The molecule has 1 unspecified atom stereocenters. The highest BCUT2D eigenvalue weighted by Gasteiger charge is 2.42. The van der Waals surface area contributed by atoms with Gasteiger partial charge in [0.15, 0.2) is 23.1 Å². The highest BCUT2D eigenvalue weighted by Crippen LogP contribution is 2.47. The molecule has 8 nitrogen and oxygen atoms in total. The lowest BCUT2D eigenvalue weighted by molar-refractivity contribution is -0.118. The van der Waals surface area contributed by atoms with Gasteiger partial charge in [-0.25, -0.2) is 4.68 Å². The summed E-state index contributed by atoms with van der Waals surface area (Å²) in [7, 11) is 1.63. The van der Waals surface area contributed by atoms with E-state index < -0.39 is 6.04 Å². The zero-order valence-corrected chi connectivity index (χ0v) is 23.8. The molecule has 0 bridgehead atoms. The van der Waals surface area contributed by atoms with Crippen LogP contribution in [0.3, 0.4) is 0 Å². The molecule has 1 atom stereocenters. The number of hydrogen-bond acceptors (Lipinski definition) is 7. The van der Waals surface area contributed by atoms with Gasteiger partial charge in [-0.2, -0.15) is 4.98 Å². The summed E-state index contributed by atoms with van der Waals surface area (Å²) < 4.78 is 19.6. The van der Waals surface area contributed by atoms with E-state index in [1.54, 1.807) is 7.11 Å². The molecule has 6 rings (SSSR count). The Labute approximate surface area is 240 Å². The number of hydrogen-bond donors (Lipinski definition) is 1. The van der Waals surface area contributed by atoms with Gasteiger partial charge >= 0.3 is 0 Å². The third kappa shape index (κ3) is 5.17. The number of rotatable bonds is 8. The molecule has 0 saturated heterocycles. The van der Waals surface area contributed by atoms with E-state index in [9.17, 15) is 4.79 Å². The van der Waals surface area contributed by atoms with Crippen LogP contribution < -0.4 is 19.5 Å². The highest BCUT2D eigenvalue weighted by molar-refractivity contribution is 6.00. The Hall–Kier alpha value is -4.59. The maximum Gasteiger partial charge on any atom is 0.226 e. The molecule has 210 valence electrons. The van der Waals surface area contributed by atoms with Gasteiger partial charge in [0, 0.05) is 17.7 Å². The van der Waals surface area contributed by atoms with Crippen molar-refractivity contribution in [2.45, 2.75) is 46.3 Å². The topological polar surface area (TPSA) is 87.5 Å². The number of carbonyl (C=O) groups is 1. The number of benzene rings is 3. The Bertz CT molecular complexity index is 1620. The van der Waals surface area contributed by atoms with Crippen molar-refractivity contribution < 1.29 is 19.0 Å². The lowest BCUT2D eigenvalue weighted by Crippen LogP contribution is -2.36. The largest absolute Gasteiger partial charge is 0.496 e. The van der Waals surface area contributed by atoms with Gasteiger partial charge in [0.25, 0.3) is 0 Å². The van der Waals surface area contributed by atoms with Gasteiger partial charge in [0.05, 0.1) is 19.3 Å². The Balaban J connectivity index is 1.44. The van der Waals surface area contributed by atoms with Crippen molar-refractivity contribution in [3.8, 4) is 28.6 Å². The summed E-state index contributed by atoms with van der Waals surface area (Å²) in [4.78, 5) is 18.6. The van der Waals surface area contributed by atoms with E-state index in [4.69, 9.17) is 24.3 Å². The van der Waals surface area contributed by atoms with Crippen LogP contribution >= 0.6 is 0 Å². The highest BCUT2D eigenvalue weighted by atomic mass is 16.5. The van der Waals surface area contributed by atoms with Gasteiger partial charge in [0.1, 0.15) is 18.4 Å². The molecule has 1 aliphatic carbocycles. The average Bonchev–Trinajstić information content (AvgIpc) is 3.39. The van der Waals surface area contributed by atoms with Crippen molar-refractivity contribution in [1.29, 1.82) is 0 Å². The first-order valence-electron chi connectivity index (χ1n) is 13.9. The number of nitrogens with one attached hydrogen (secondary N) is 1. The fourth-order valence-electron chi connectivity index (χ4n) is 5.68. The van der Waals surface area contributed by atoms with Crippen molar-refractivity contribution in [2.75, 3.05) is 19.0 Å². The van der Waals surface area contributed by atoms with Gasteiger partial charge in [-0.05, 0) is 54.2 Å². The summed E-state index contributed by atoms with van der Waals surface area (Å²) in [6.45, 7) is 7.09. The van der Waals surface area contributed by atoms with Gasteiger partial charge in [-0.1, -0.05) is 62.4 Å². The van der Waals surface area contributed by atoms with Gasteiger partial charge in [0.2, 0.25) is 5.95 Å². The zero-order chi connectivity index (χ0) is 28.6. The molecule has 4 aromatic rings. The second-order valence-electron chi connectivity index (χ2n) is 11.2. The SMILES string of the molecule is CCOc1cc(C2C3=C(CC(C)(C)CC3=O)Nc3nc(-c4ccccc4OC)nn32)ccc1OCc1ccccc1. The van der Waals surface area contributed by atoms with Gasteiger partial charge in [-0.15, -0.1) is 5.10 Å². The fraction of sp³-hybridized carbons (Fsp3) is 0.303. The summed E-state index contributed by atoms with van der Waals surface area (Å²) in [5.41, 5.74) is 4.17. The van der Waals surface area contributed by atoms with Crippen LogP contribution in [0, 0.1) is 5.41 Å². The minimum absolute atomic E-state index is 0.108. The van der Waals surface area contributed by atoms with Crippen molar-refractivity contribution in [1.82, 2.24) is 14.8 Å². The molecule has 3 aromatic carbocycles.